The van der Waals surface area contributed by atoms with E-state index in [0.29, 0.717) is 0 Å². The molecule has 0 aromatic carbocycles. The van der Waals surface area contributed by atoms with Crippen molar-refractivity contribution in [3.05, 3.63) is 23.3 Å². The first kappa shape index (κ1) is 31.2. The monoisotopic (exact) mass is 718 g/mol. The third-order valence-corrected chi connectivity index (χ3v) is 28.3. The van der Waals surface area contributed by atoms with Crippen LogP contribution in [0, 0.1) is 0 Å². The molecule has 0 nitrogen and oxygen atoms in total. The van der Waals surface area contributed by atoms with Gasteiger partial charge in [-0.2, -0.15) is 0 Å². The number of unbranched alkanes of at least 4 members (excludes halogenated alkanes) is 10. The van der Waals surface area contributed by atoms with Crippen molar-refractivity contribution < 1.29 is 0 Å². The Balaban J connectivity index is 2.27. The van der Waals surface area contributed by atoms with Crippen molar-refractivity contribution in [2.45, 2.75) is 133 Å². The second kappa shape index (κ2) is 15.4. The number of thiophene rings is 2. The normalized spacial score (nSPS) is 12.6. The predicted octanol–water partition coefficient (Wildman–Crippen LogP) is 10.4. The molecular weight excluding hydrogens is 662 g/mol. The third-order valence-electron chi connectivity index (χ3n) is 6.90. The van der Waals surface area contributed by atoms with Crippen LogP contribution in [0.3, 0.4) is 0 Å². The third kappa shape index (κ3) is 10.4. The summed E-state index contributed by atoms with van der Waals surface area (Å²) in [5.74, 6) is 0. The molecule has 0 saturated heterocycles. The van der Waals surface area contributed by atoms with Crippen molar-refractivity contribution in [3.8, 4) is 9.75 Å². The van der Waals surface area contributed by atoms with Gasteiger partial charge in [0.15, 0.2) is 0 Å². The maximum atomic E-state index is 2.68. The number of aryl methyl sites for hydroxylation is 2. The summed E-state index contributed by atoms with van der Waals surface area (Å²) in [7, 11) is 0. The van der Waals surface area contributed by atoms with Gasteiger partial charge < -0.3 is 0 Å². The van der Waals surface area contributed by atoms with E-state index in [2.05, 4.69) is 78.3 Å². The van der Waals surface area contributed by atoms with Gasteiger partial charge in [0.25, 0.3) is 0 Å². The van der Waals surface area contributed by atoms with Gasteiger partial charge in [-0.05, 0) is 0 Å². The molecule has 0 atom stereocenters. The first-order chi connectivity index (χ1) is 16.1. The van der Waals surface area contributed by atoms with E-state index in [1.807, 2.05) is 0 Å². The topological polar surface area (TPSA) is 0 Å². The average Bonchev–Trinajstić information content (AvgIpc) is 3.37. The van der Waals surface area contributed by atoms with Crippen molar-refractivity contribution in [3.63, 3.8) is 0 Å². The summed E-state index contributed by atoms with van der Waals surface area (Å²) >= 11 is 0.249. The Morgan fingerprint density at radius 2 is 0.824 bits per heavy atom. The summed E-state index contributed by atoms with van der Waals surface area (Å²) in [5.41, 5.74) is 3.40. The Bertz CT molecular complexity index is 763. The summed E-state index contributed by atoms with van der Waals surface area (Å²) in [4.78, 5) is 19.0. The van der Waals surface area contributed by atoms with E-state index in [1.165, 1.54) is 89.9 Å². The van der Waals surface area contributed by atoms with Crippen LogP contribution in [0.2, 0.25) is 29.6 Å². The van der Waals surface area contributed by atoms with Gasteiger partial charge >= 0.3 is 232 Å². The quantitative estimate of drug-likeness (QED) is 0.113. The standard InChI is InChI=1S/C24H36S2.6CH3.2Sn/c1-3-5-7-9-11-13-15-21-17-19-25-23(21)24-22(18-20-26-24)16-14-12-10-8-6-4-2;;;;;;;;/h17-18H,3-16H2,1-2H3;6*1H3;;. The molecule has 0 spiro atoms. The van der Waals surface area contributed by atoms with E-state index < -0.39 is 36.8 Å². The minimum atomic E-state index is -2.08. The molecule has 2 rings (SSSR count). The molecule has 0 saturated carbocycles. The minimum absolute atomic E-state index is 1.29. The van der Waals surface area contributed by atoms with Gasteiger partial charge in [0.05, 0.1) is 0 Å². The summed E-state index contributed by atoms with van der Waals surface area (Å²) in [6.07, 6.45) is 19.3. The van der Waals surface area contributed by atoms with Crippen LogP contribution < -0.4 is 5.79 Å². The molecule has 4 heteroatoms. The molecule has 0 aliphatic rings. The first-order valence-electron chi connectivity index (χ1n) is 14.3. The zero-order chi connectivity index (χ0) is 25.2. The fraction of sp³-hybridized carbons (Fsp3) is 0.733. The van der Waals surface area contributed by atoms with Crippen molar-refractivity contribution in [1.29, 1.82) is 0 Å². The van der Waals surface area contributed by atoms with Crippen molar-refractivity contribution in [2.24, 2.45) is 0 Å². The molecule has 0 aliphatic heterocycles. The SMILES string of the molecule is CCCCCCCCc1c[c]([Sn]([CH3])([CH3])[CH3])sc1-c1s[c]([Sn]([CH3])([CH3])[CH3])cc1CCCCCCCC. The van der Waals surface area contributed by atoms with Crippen molar-refractivity contribution >= 4 is 65.2 Å². The fourth-order valence-corrected chi connectivity index (χ4v) is 17.7. The fourth-order valence-electron chi connectivity index (χ4n) is 4.54. The van der Waals surface area contributed by atoms with Gasteiger partial charge in [0, 0.05) is 0 Å². The molecular formula is C30H54S2Sn2. The molecule has 0 unspecified atom stereocenters. The molecule has 0 bridgehead atoms. The van der Waals surface area contributed by atoms with Crippen LogP contribution in [0.25, 0.3) is 9.75 Å². The number of rotatable bonds is 17. The van der Waals surface area contributed by atoms with E-state index in [-0.39, 0.29) is 0 Å². The molecule has 0 amide bonds. The van der Waals surface area contributed by atoms with Crippen LogP contribution in [0.15, 0.2) is 12.1 Å². The Kier molecular flexibility index (Phi) is 14.2. The molecule has 34 heavy (non-hydrogen) atoms. The molecule has 0 radical (unpaired) electrons. The van der Waals surface area contributed by atoms with Gasteiger partial charge in [0.2, 0.25) is 0 Å². The van der Waals surface area contributed by atoms with Gasteiger partial charge in [-0.3, -0.25) is 0 Å². The molecule has 0 fully saturated rings. The van der Waals surface area contributed by atoms with Crippen LogP contribution in [0.1, 0.15) is 102 Å². The summed E-state index contributed by atoms with van der Waals surface area (Å²) in [6.45, 7) is 4.63. The van der Waals surface area contributed by atoms with Crippen molar-refractivity contribution in [2.75, 3.05) is 0 Å². The molecule has 2 aromatic heterocycles. The van der Waals surface area contributed by atoms with Crippen LogP contribution in [-0.2, 0) is 12.8 Å². The Morgan fingerprint density at radius 1 is 0.500 bits per heavy atom. The van der Waals surface area contributed by atoms with Crippen molar-refractivity contribution in [1.82, 2.24) is 0 Å². The summed E-state index contributed by atoms with van der Waals surface area (Å²) < 4.78 is 3.56. The average molecular weight is 716 g/mol. The van der Waals surface area contributed by atoms with Gasteiger partial charge in [0.1, 0.15) is 0 Å². The molecule has 2 aromatic rings. The predicted molar refractivity (Wildman–Crippen MR) is 168 cm³/mol. The Hall–Kier alpha value is 0.997. The van der Waals surface area contributed by atoms with E-state index in [1.54, 1.807) is 26.7 Å². The Morgan fingerprint density at radius 3 is 1.15 bits per heavy atom. The second-order valence-corrected chi connectivity index (χ2v) is 45.4. The van der Waals surface area contributed by atoms with Crippen LogP contribution in [0.5, 0.6) is 0 Å². The van der Waals surface area contributed by atoms with Crippen LogP contribution >= 0.6 is 22.7 Å². The van der Waals surface area contributed by atoms with Gasteiger partial charge in [-0.1, -0.05) is 0 Å². The van der Waals surface area contributed by atoms with Gasteiger partial charge in [-0.25, -0.2) is 0 Å². The zero-order valence-corrected chi connectivity index (χ0v) is 31.2. The Labute approximate surface area is 229 Å². The molecule has 194 valence electrons. The van der Waals surface area contributed by atoms with E-state index >= 15 is 0 Å². The first-order valence-corrected chi connectivity index (χ1v) is 36.0. The number of hydrogen-bond acceptors (Lipinski definition) is 2. The zero-order valence-electron chi connectivity index (χ0n) is 23.9. The summed E-state index contributed by atoms with van der Waals surface area (Å²) in [5, 5.41) is 0. The maximum absolute atomic E-state index is 2.68. The second-order valence-electron chi connectivity index (χ2n) is 12.5. The number of hydrogen-bond donors (Lipinski definition) is 0. The molecule has 2 heterocycles. The van der Waals surface area contributed by atoms with E-state index in [0.717, 1.165) is 0 Å². The van der Waals surface area contributed by atoms with E-state index in [9.17, 15) is 0 Å². The summed E-state index contributed by atoms with van der Waals surface area (Å²) in [6, 6.07) is 5.35. The van der Waals surface area contributed by atoms with Gasteiger partial charge in [-0.15, -0.1) is 0 Å². The van der Waals surface area contributed by atoms with Crippen LogP contribution in [-0.4, -0.2) is 36.8 Å². The van der Waals surface area contributed by atoms with E-state index in [4.69, 9.17) is 0 Å². The molecule has 0 N–H and O–H groups in total. The van der Waals surface area contributed by atoms with Crippen LogP contribution in [0.4, 0.5) is 0 Å². The molecule has 0 aliphatic carbocycles.